The summed E-state index contributed by atoms with van der Waals surface area (Å²) in [6.45, 7) is 2.02. The van der Waals surface area contributed by atoms with E-state index >= 15 is 0 Å². The van der Waals surface area contributed by atoms with Crippen LogP contribution in [0.15, 0.2) is 42.5 Å². The third-order valence-electron chi connectivity index (χ3n) is 3.61. The van der Waals surface area contributed by atoms with Gasteiger partial charge in [-0.2, -0.15) is 0 Å². The molecule has 2 N–H and O–H groups in total. The first-order valence-corrected chi connectivity index (χ1v) is 8.26. The lowest BCUT2D eigenvalue weighted by molar-refractivity contribution is 0.103. The normalized spacial score (nSPS) is 11.2. The summed E-state index contributed by atoms with van der Waals surface area (Å²) in [6.07, 6.45) is 0. The Hall–Kier alpha value is -2.37. The predicted molar refractivity (Wildman–Crippen MR) is 95.6 cm³/mol. The van der Waals surface area contributed by atoms with E-state index in [1.807, 2.05) is 49.4 Å². The maximum absolute atomic E-state index is 12.5. The Labute approximate surface area is 141 Å². The van der Waals surface area contributed by atoms with E-state index in [4.69, 9.17) is 11.6 Å². The molecule has 1 amide bonds. The van der Waals surface area contributed by atoms with Gasteiger partial charge in [-0.3, -0.25) is 10.1 Å². The van der Waals surface area contributed by atoms with Gasteiger partial charge in [0.15, 0.2) is 0 Å². The summed E-state index contributed by atoms with van der Waals surface area (Å²) >= 11 is 7.75. The van der Waals surface area contributed by atoms with Crippen LogP contribution in [-0.4, -0.2) is 15.9 Å². The molecule has 0 aliphatic rings. The van der Waals surface area contributed by atoms with Crippen molar-refractivity contribution in [2.75, 3.05) is 5.32 Å². The van der Waals surface area contributed by atoms with Crippen molar-refractivity contribution in [2.45, 2.75) is 6.92 Å². The van der Waals surface area contributed by atoms with Crippen LogP contribution >= 0.6 is 22.9 Å². The van der Waals surface area contributed by atoms with Crippen molar-refractivity contribution >= 4 is 55.9 Å². The van der Waals surface area contributed by atoms with Crippen LogP contribution in [0.1, 0.15) is 15.2 Å². The quantitative estimate of drug-likeness (QED) is 0.539. The number of benzene rings is 2. The Bertz CT molecular complexity index is 1020. The lowest BCUT2D eigenvalue weighted by atomic mass is 10.2. The van der Waals surface area contributed by atoms with E-state index < -0.39 is 0 Å². The molecule has 0 atom stereocenters. The summed E-state index contributed by atoms with van der Waals surface area (Å²) in [5, 5.41) is 4.17. The average molecular weight is 342 g/mol. The Morgan fingerprint density at radius 1 is 1.26 bits per heavy atom. The Morgan fingerprint density at radius 2 is 2.09 bits per heavy atom. The molecule has 0 fully saturated rings. The number of anilines is 1. The van der Waals surface area contributed by atoms with Crippen molar-refractivity contribution in [3.8, 4) is 0 Å². The number of H-pyrrole nitrogens is 1. The van der Waals surface area contributed by atoms with E-state index in [-0.39, 0.29) is 5.91 Å². The number of hydrogen-bond donors (Lipinski definition) is 2. The molecular weight excluding hydrogens is 330 g/mol. The summed E-state index contributed by atoms with van der Waals surface area (Å²) in [7, 11) is 0. The Balaban J connectivity index is 1.70. The minimum Gasteiger partial charge on any atom is -0.324 e. The molecule has 6 heteroatoms. The van der Waals surface area contributed by atoms with Crippen molar-refractivity contribution in [3.05, 3.63) is 57.9 Å². The van der Waals surface area contributed by atoms with Crippen LogP contribution < -0.4 is 5.32 Å². The number of carbonyl (C=O) groups is 1. The molecule has 0 saturated carbocycles. The van der Waals surface area contributed by atoms with Crippen LogP contribution in [0.5, 0.6) is 0 Å². The van der Waals surface area contributed by atoms with E-state index in [0.29, 0.717) is 15.8 Å². The predicted octanol–water partition coefficient (Wildman–Crippen LogP) is 4.99. The molecule has 2 aromatic heterocycles. The number of thiophene rings is 1. The van der Waals surface area contributed by atoms with E-state index in [1.54, 1.807) is 0 Å². The summed E-state index contributed by atoms with van der Waals surface area (Å²) in [6, 6.07) is 13.6. The molecule has 2 heterocycles. The number of aromatic amines is 1. The molecule has 4 nitrogen and oxygen atoms in total. The highest BCUT2D eigenvalue weighted by molar-refractivity contribution is 7.21. The second kappa shape index (κ2) is 5.37. The number of aromatic nitrogens is 2. The van der Waals surface area contributed by atoms with Crippen LogP contribution in [0, 0.1) is 6.92 Å². The van der Waals surface area contributed by atoms with Crippen molar-refractivity contribution < 1.29 is 4.79 Å². The minimum atomic E-state index is -0.257. The summed E-state index contributed by atoms with van der Waals surface area (Å²) in [5.41, 5.74) is 2.82. The number of nitrogens with zero attached hydrogens (tertiary/aromatic N) is 1. The first kappa shape index (κ1) is 14.2. The van der Waals surface area contributed by atoms with Crippen molar-refractivity contribution in [2.24, 2.45) is 0 Å². The fraction of sp³-hybridized carbons (Fsp3) is 0.0588. The first-order chi connectivity index (χ1) is 11.1. The molecule has 4 rings (SSSR count). The zero-order chi connectivity index (χ0) is 16.0. The van der Waals surface area contributed by atoms with Gasteiger partial charge in [0.1, 0.15) is 4.88 Å². The number of carbonyl (C=O) groups excluding carboxylic acids is 1. The van der Waals surface area contributed by atoms with Crippen LogP contribution in [0.25, 0.3) is 21.1 Å². The lowest BCUT2D eigenvalue weighted by Crippen LogP contribution is -2.11. The molecule has 0 radical (unpaired) electrons. The third-order valence-corrected chi connectivity index (χ3v) is 5.27. The van der Waals surface area contributed by atoms with Gasteiger partial charge in [0.05, 0.1) is 16.1 Å². The monoisotopic (exact) mass is 341 g/mol. The Kier molecular flexibility index (Phi) is 3.32. The van der Waals surface area contributed by atoms with Crippen molar-refractivity contribution in [1.29, 1.82) is 0 Å². The van der Waals surface area contributed by atoms with Crippen molar-refractivity contribution in [1.82, 2.24) is 9.97 Å². The van der Waals surface area contributed by atoms with Gasteiger partial charge >= 0.3 is 0 Å². The first-order valence-electron chi connectivity index (χ1n) is 7.06. The van der Waals surface area contributed by atoms with Gasteiger partial charge in [-0.1, -0.05) is 35.9 Å². The number of amides is 1. The number of imidazole rings is 1. The molecule has 0 unspecified atom stereocenters. The van der Waals surface area contributed by atoms with Gasteiger partial charge in [-0.25, -0.2) is 4.98 Å². The molecular formula is C17H12ClN3OS. The van der Waals surface area contributed by atoms with Gasteiger partial charge in [0.25, 0.3) is 5.91 Å². The second-order valence-electron chi connectivity index (χ2n) is 5.30. The van der Waals surface area contributed by atoms with E-state index in [9.17, 15) is 4.79 Å². The van der Waals surface area contributed by atoms with Gasteiger partial charge in [0.2, 0.25) is 5.95 Å². The van der Waals surface area contributed by atoms with Gasteiger partial charge < -0.3 is 4.98 Å². The number of aryl methyl sites for hydroxylation is 1. The molecule has 0 spiro atoms. The number of nitrogens with one attached hydrogen (secondary N) is 2. The number of halogens is 1. The number of hydrogen-bond acceptors (Lipinski definition) is 3. The zero-order valence-corrected chi connectivity index (χ0v) is 13.8. The minimum absolute atomic E-state index is 0.257. The maximum atomic E-state index is 12.5. The van der Waals surface area contributed by atoms with Crippen molar-refractivity contribution in [3.63, 3.8) is 0 Å². The molecule has 23 heavy (non-hydrogen) atoms. The lowest BCUT2D eigenvalue weighted by Gasteiger charge is -1.99. The molecule has 2 aromatic carbocycles. The summed E-state index contributed by atoms with van der Waals surface area (Å²) in [4.78, 5) is 20.4. The highest BCUT2D eigenvalue weighted by Crippen LogP contribution is 2.36. The molecule has 0 bridgehead atoms. The number of rotatable bonds is 2. The maximum Gasteiger partial charge on any atom is 0.269 e. The number of fused-ring (bicyclic) bond motifs is 2. The smallest absolute Gasteiger partial charge is 0.269 e. The molecule has 114 valence electrons. The van der Waals surface area contributed by atoms with E-state index in [0.717, 1.165) is 26.7 Å². The average Bonchev–Trinajstić information content (AvgIpc) is 3.07. The fourth-order valence-corrected chi connectivity index (χ4v) is 4.01. The largest absolute Gasteiger partial charge is 0.324 e. The second-order valence-corrected chi connectivity index (χ2v) is 6.73. The topological polar surface area (TPSA) is 57.8 Å². The van der Waals surface area contributed by atoms with E-state index in [1.165, 1.54) is 11.3 Å². The fourth-order valence-electron chi connectivity index (χ4n) is 2.49. The third kappa shape index (κ3) is 2.48. The van der Waals surface area contributed by atoms with Gasteiger partial charge in [0, 0.05) is 10.1 Å². The molecule has 0 aliphatic heterocycles. The van der Waals surface area contributed by atoms with Crippen LogP contribution in [-0.2, 0) is 0 Å². The highest BCUT2D eigenvalue weighted by atomic mass is 35.5. The molecule has 0 saturated heterocycles. The zero-order valence-electron chi connectivity index (χ0n) is 12.2. The number of para-hydroxylation sites is 2. The van der Waals surface area contributed by atoms with Crippen LogP contribution in [0.4, 0.5) is 5.95 Å². The van der Waals surface area contributed by atoms with E-state index in [2.05, 4.69) is 15.3 Å². The SMILES string of the molecule is Cc1ccc2c(Cl)c(C(=O)Nc3nc4ccccc4[nH]3)sc2c1. The summed E-state index contributed by atoms with van der Waals surface area (Å²) in [5.74, 6) is 0.161. The van der Waals surface area contributed by atoms with Gasteiger partial charge in [-0.15, -0.1) is 11.3 Å². The van der Waals surface area contributed by atoms with Crippen LogP contribution in [0.3, 0.4) is 0 Å². The van der Waals surface area contributed by atoms with Crippen LogP contribution in [0.2, 0.25) is 5.02 Å². The highest BCUT2D eigenvalue weighted by Gasteiger charge is 2.18. The van der Waals surface area contributed by atoms with Gasteiger partial charge in [-0.05, 0) is 30.7 Å². The molecule has 0 aliphatic carbocycles. The summed E-state index contributed by atoms with van der Waals surface area (Å²) < 4.78 is 1.00. The Morgan fingerprint density at radius 3 is 2.91 bits per heavy atom. The molecule has 4 aromatic rings. The standard InChI is InChI=1S/C17H12ClN3OS/c1-9-6-7-10-13(8-9)23-15(14(10)18)16(22)21-17-19-11-4-2-3-5-12(11)20-17/h2-8H,1H3,(H2,19,20,21,22).